The van der Waals surface area contributed by atoms with Crippen molar-refractivity contribution in [2.75, 3.05) is 7.11 Å². The third kappa shape index (κ3) is 3.81. The predicted octanol–water partition coefficient (Wildman–Crippen LogP) is 0.0780. The average molecular weight is 222 g/mol. The number of aromatic nitrogens is 1. The second-order valence-corrected chi connectivity index (χ2v) is 5.03. The van der Waals surface area contributed by atoms with Crippen LogP contribution >= 0.6 is 11.3 Å². The highest BCUT2D eigenvalue weighted by atomic mass is 32.2. The van der Waals surface area contributed by atoms with E-state index in [0.29, 0.717) is 12.3 Å². The molecule has 1 aromatic rings. The highest BCUT2D eigenvalue weighted by Gasteiger charge is 2.08. The Morgan fingerprint density at radius 1 is 1.69 bits per heavy atom. The molecule has 5 nitrogen and oxygen atoms in total. The van der Waals surface area contributed by atoms with Gasteiger partial charge in [0.15, 0.2) is 0 Å². The summed E-state index contributed by atoms with van der Waals surface area (Å²) < 4.78 is 26.2. The number of sulfonamides is 1. The van der Waals surface area contributed by atoms with E-state index in [9.17, 15) is 8.42 Å². The molecule has 0 saturated heterocycles. The largest absolute Gasteiger partial charge is 0.378 e. The molecule has 13 heavy (non-hydrogen) atoms. The summed E-state index contributed by atoms with van der Waals surface area (Å²) in [7, 11) is -1.92. The van der Waals surface area contributed by atoms with Crippen LogP contribution in [-0.4, -0.2) is 20.5 Å². The minimum atomic E-state index is -3.48. The molecule has 0 amide bonds. The lowest BCUT2D eigenvalue weighted by molar-refractivity contribution is 0.184. The van der Waals surface area contributed by atoms with E-state index in [-0.39, 0.29) is 5.75 Å². The molecule has 0 saturated carbocycles. The molecular weight excluding hydrogens is 212 g/mol. The summed E-state index contributed by atoms with van der Waals surface area (Å²) in [4.78, 5) is 4.02. The molecule has 1 aromatic heterocycles. The van der Waals surface area contributed by atoms with Crippen LogP contribution in [0.15, 0.2) is 5.38 Å². The first kappa shape index (κ1) is 10.6. The molecule has 0 aliphatic rings. The number of nitrogens with two attached hydrogens (primary N) is 1. The SMILES string of the molecule is COCc1nc(CS(N)(=O)=O)cs1. The maximum atomic E-state index is 10.7. The van der Waals surface area contributed by atoms with Gasteiger partial charge in [0.1, 0.15) is 10.8 Å². The van der Waals surface area contributed by atoms with Crippen LogP contribution < -0.4 is 5.14 Å². The van der Waals surface area contributed by atoms with Crippen LogP contribution in [0.25, 0.3) is 0 Å². The van der Waals surface area contributed by atoms with Crippen molar-refractivity contribution in [3.8, 4) is 0 Å². The Kier molecular flexibility index (Phi) is 3.37. The van der Waals surface area contributed by atoms with Crippen molar-refractivity contribution in [2.24, 2.45) is 5.14 Å². The molecule has 0 bridgehead atoms. The molecule has 0 spiro atoms. The molecular formula is C6H10N2O3S2. The van der Waals surface area contributed by atoms with Crippen LogP contribution in [-0.2, 0) is 27.1 Å². The van der Waals surface area contributed by atoms with Crippen LogP contribution in [0.3, 0.4) is 0 Å². The fourth-order valence-corrected chi connectivity index (χ4v) is 2.24. The molecule has 1 heterocycles. The van der Waals surface area contributed by atoms with E-state index >= 15 is 0 Å². The Labute approximate surface area is 80.6 Å². The third-order valence-electron chi connectivity index (χ3n) is 1.22. The van der Waals surface area contributed by atoms with Crippen molar-refractivity contribution >= 4 is 21.4 Å². The van der Waals surface area contributed by atoms with E-state index in [2.05, 4.69) is 4.98 Å². The standard InChI is InChI=1S/C6H10N2O3S2/c1-11-2-6-8-5(3-12-6)4-13(7,9)10/h3H,2,4H2,1H3,(H2,7,9,10). The van der Waals surface area contributed by atoms with Gasteiger partial charge < -0.3 is 4.74 Å². The van der Waals surface area contributed by atoms with E-state index in [0.717, 1.165) is 5.01 Å². The Morgan fingerprint density at radius 3 is 2.92 bits per heavy atom. The average Bonchev–Trinajstić information content (AvgIpc) is 2.33. The summed E-state index contributed by atoms with van der Waals surface area (Å²) in [6.07, 6.45) is 0. The molecule has 1 rings (SSSR count). The summed E-state index contributed by atoms with van der Waals surface area (Å²) in [5, 5.41) is 7.27. The monoisotopic (exact) mass is 222 g/mol. The van der Waals surface area contributed by atoms with Crippen molar-refractivity contribution in [3.05, 3.63) is 16.1 Å². The van der Waals surface area contributed by atoms with E-state index in [1.165, 1.54) is 11.3 Å². The van der Waals surface area contributed by atoms with Crippen molar-refractivity contribution in [1.82, 2.24) is 4.98 Å². The molecule has 0 radical (unpaired) electrons. The van der Waals surface area contributed by atoms with Gasteiger partial charge in [-0.05, 0) is 0 Å². The first-order valence-corrected chi connectivity index (χ1v) is 6.03. The van der Waals surface area contributed by atoms with Gasteiger partial charge >= 0.3 is 0 Å². The third-order valence-corrected chi connectivity index (χ3v) is 2.79. The quantitative estimate of drug-likeness (QED) is 0.782. The summed E-state index contributed by atoms with van der Waals surface area (Å²) in [6.45, 7) is 0.398. The van der Waals surface area contributed by atoms with E-state index in [1.807, 2.05) is 0 Å². The van der Waals surface area contributed by atoms with Gasteiger partial charge in [-0.3, -0.25) is 0 Å². The second kappa shape index (κ2) is 4.14. The van der Waals surface area contributed by atoms with Crippen molar-refractivity contribution in [1.29, 1.82) is 0 Å². The van der Waals surface area contributed by atoms with Crippen LogP contribution in [0.4, 0.5) is 0 Å². The fraction of sp³-hybridized carbons (Fsp3) is 0.500. The van der Waals surface area contributed by atoms with Gasteiger partial charge in [-0.2, -0.15) is 0 Å². The van der Waals surface area contributed by atoms with Gasteiger partial charge in [-0.15, -0.1) is 11.3 Å². The highest BCUT2D eigenvalue weighted by Crippen LogP contribution is 2.11. The van der Waals surface area contributed by atoms with Crippen molar-refractivity contribution in [2.45, 2.75) is 12.4 Å². The zero-order valence-corrected chi connectivity index (χ0v) is 8.69. The number of thiazole rings is 1. The molecule has 0 fully saturated rings. The van der Waals surface area contributed by atoms with Crippen molar-refractivity contribution < 1.29 is 13.2 Å². The van der Waals surface area contributed by atoms with Crippen LogP contribution in [0.2, 0.25) is 0 Å². The number of hydrogen-bond acceptors (Lipinski definition) is 5. The Hall–Kier alpha value is -0.500. The van der Waals surface area contributed by atoms with Gasteiger partial charge in [0.05, 0.1) is 12.3 Å². The summed E-state index contributed by atoms with van der Waals surface area (Å²) >= 11 is 1.36. The summed E-state index contributed by atoms with van der Waals surface area (Å²) in [6, 6.07) is 0. The molecule has 0 aromatic carbocycles. The Balaban J connectivity index is 2.69. The molecule has 0 aliphatic carbocycles. The lowest BCUT2D eigenvalue weighted by Crippen LogP contribution is -2.14. The lowest BCUT2D eigenvalue weighted by Gasteiger charge is -1.92. The van der Waals surface area contributed by atoms with E-state index in [4.69, 9.17) is 9.88 Å². The minimum absolute atomic E-state index is 0.215. The molecule has 0 unspecified atom stereocenters. The first-order chi connectivity index (χ1) is 6.01. The van der Waals surface area contributed by atoms with E-state index < -0.39 is 10.0 Å². The molecule has 7 heteroatoms. The lowest BCUT2D eigenvalue weighted by atomic mass is 10.6. The number of hydrogen-bond donors (Lipinski definition) is 1. The molecule has 2 N–H and O–H groups in total. The minimum Gasteiger partial charge on any atom is -0.378 e. The number of primary sulfonamides is 1. The molecule has 0 aliphatic heterocycles. The molecule has 74 valence electrons. The Morgan fingerprint density at radius 2 is 2.38 bits per heavy atom. The number of rotatable bonds is 4. The van der Waals surface area contributed by atoms with Crippen molar-refractivity contribution in [3.63, 3.8) is 0 Å². The van der Waals surface area contributed by atoms with Gasteiger partial charge in [-0.25, -0.2) is 18.5 Å². The second-order valence-electron chi connectivity index (χ2n) is 2.47. The zero-order valence-electron chi connectivity index (χ0n) is 7.06. The summed E-state index contributed by atoms with van der Waals surface area (Å²) in [5.41, 5.74) is 0.472. The van der Waals surface area contributed by atoms with Gasteiger partial charge in [0, 0.05) is 12.5 Å². The van der Waals surface area contributed by atoms with Crippen LogP contribution in [0.1, 0.15) is 10.7 Å². The van der Waals surface area contributed by atoms with Gasteiger partial charge in [0.2, 0.25) is 10.0 Å². The van der Waals surface area contributed by atoms with Crippen LogP contribution in [0, 0.1) is 0 Å². The van der Waals surface area contributed by atoms with Gasteiger partial charge in [0.25, 0.3) is 0 Å². The predicted molar refractivity (Wildman–Crippen MR) is 49.6 cm³/mol. The number of ether oxygens (including phenoxy) is 1. The van der Waals surface area contributed by atoms with Crippen LogP contribution in [0.5, 0.6) is 0 Å². The first-order valence-electron chi connectivity index (χ1n) is 3.44. The smallest absolute Gasteiger partial charge is 0.214 e. The maximum absolute atomic E-state index is 10.7. The fourth-order valence-electron chi connectivity index (χ4n) is 0.811. The normalized spacial score (nSPS) is 11.8. The maximum Gasteiger partial charge on any atom is 0.214 e. The van der Waals surface area contributed by atoms with E-state index in [1.54, 1.807) is 12.5 Å². The Bertz CT molecular complexity index is 371. The number of methoxy groups -OCH3 is 1. The molecule has 0 atom stereocenters. The van der Waals surface area contributed by atoms with Gasteiger partial charge in [-0.1, -0.05) is 0 Å². The summed E-state index contributed by atoms with van der Waals surface area (Å²) in [5.74, 6) is -0.215. The zero-order chi connectivity index (χ0) is 9.90. The number of nitrogens with zero attached hydrogens (tertiary/aromatic N) is 1. The topological polar surface area (TPSA) is 82.3 Å². The highest BCUT2D eigenvalue weighted by molar-refractivity contribution is 7.88.